The molecule has 0 saturated heterocycles. The Kier molecular flexibility index (Phi) is 8.53. The van der Waals surface area contributed by atoms with E-state index in [1.807, 2.05) is 30.5 Å². The molecule has 0 aliphatic heterocycles. The van der Waals surface area contributed by atoms with Crippen LogP contribution in [0.5, 0.6) is 0 Å². The number of sulfonamides is 1. The highest BCUT2D eigenvalue weighted by Gasteiger charge is 2.21. The third-order valence-electron chi connectivity index (χ3n) is 4.68. The van der Waals surface area contributed by atoms with Crippen LogP contribution in [0.15, 0.2) is 87.5 Å². The molecule has 0 saturated carbocycles. The summed E-state index contributed by atoms with van der Waals surface area (Å²) in [4.78, 5) is 14.7. The molecule has 3 aromatic rings. The van der Waals surface area contributed by atoms with Gasteiger partial charge in [0.2, 0.25) is 0 Å². The zero-order valence-corrected chi connectivity index (χ0v) is 20.8. The van der Waals surface area contributed by atoms with Gasteiger partial charge in [0.15, 0.2) is 0 Å². The molecule has 1 amide bonds. The standard InChI is InChI=1S/C23H23ClN2O3S3/c1-26(32(28,29)22-13-11-20(30-2)12-14-22)19-7-3-17(4-8-19)23(27)25-15-16-31-21-9-5-18(24)6-10-21/h3-14H,15-16H2,1-2H3,(H,25,27). The molecular formula is C23H23ClN2O3S3. The molecule has 0 fully saturated rings. The van der Waals surface area contributed by atoms with Gasteiger partial charge in [-0.25, -0.2) is 8.42 Å². The predicted molar refractivity (Wildman–Crippen MR) is 135 cm³/mol. The first kappa shape index (κ1) is 24.5. The van der Waals surface area contributed by atoms with E-state index < -0.39 is 10.0 Å². The third-order valence-corrected chi connectivity index (χ3v) is 8.49. The number of carbonyl (C=O) groups is 1. The van der Waals surface area contributed by atoms with E-state index in [0.717, 1.165) is 15.5 Å². The summed E-state index contributed by atoms with van der Waals surface area (Å²) in [5.74, 6) is 0.522. The van der Waals surface area contributed by atoms with Crippen LogP contribution >= 0.6 is 35.1 Å². The van der Waals surface area contributed by atoms with Crippen LogP contribution < -0.4 is 9.62 Å². The first-order chi connectivity index (χ1) is 15.3. The maximum absolute atomic E-state index is 12.9. The molecule has 0 aliphatic carbocycles. The van der Waals surface area contributed by atoms with Gasteiger partial charge in [-0.1, -0.05) is 11.6 Å². The van der Waals surface area contributed by atoms with Crippen molar-refractivity contribution in [3.8, 4) is 0 Å². The Hall–Kier alpha value is -2.13. The predicted octanol–water partition coefficient (Wildman–Crippen LogP) is 5.41. The smallest absolute Gasteiger partial charge is 0.264 e. The van der Waals surface area contributed by atoms with Crippen molar-refractivity contribution in [1.29, 1.82) is 0 Å². The summed E-state index contributed by atoms with van der Waals surface area (Å²) in [6.45, 7) is 0.508. The van der Waals surface area contributed by atoms with Crippen LogP contribution in [0.4, 0.5) is 5.69 Å². The lowest BCUT2D eigenvalue weighted by atomic mass is 10.2. The van der Waals surface area contributed by atoms with E-state index >= 15 is 0 Å². The maximum Gasteiger partial charge on any atom is 0.264 e. The van der Waals surface area contributed by atoms with E-state index in [9.17, 15) is 13.2 Å². The molecule has 0 aliphatic rings. The van der Waals surface area contributed by atoms with E-state index in [-0.39, 0.29) is 10.8 Å². The summed E-state index contributed by atoms with van der Waals surface area (Å²) in [5.41, 5.74) is 0.953. The fourth-order valence-electron chi connectivity index (χ4n) is 2.83. The zero-order valence-electron chi connectivity index (χ0n) is 17.6. The van der Waals surface area contributed by atoms with Gasteiger partial charge in [-0.2, -0.15) is 0 Å². The van der Waals surface area contributed by atoms with Gasteiger partial charge in [0.05, 0.1) is 10.6 Å². The number of thioether (sulfide) groups is 2. The largest absolute Gasteiger partial charge is 0.351 e. The van der Waals surface area contributed by atoms with Gasteiger partial charge in [-0.3, -0.25) is 9.10 Å². The number of amides is 1. The molecule has 168 valence electrons. The highest BCUT2D eigenvalue weighted by molar-refractivity contribution is 7.99. The average Bonchev–Trinajstić information content (AvgIpc) is 2.82. The molecule has 0 heterocycles. The van der Waals surface area contributed by atoms with E-state index in [1.165, 1.54) is 11.4 Å². The minimum absolute atomic E-state index is 0.202. The molecule has 0 bridgehead atoms. The summed E-state index contributed by atoms with van der Waals surface area (Å²) in [6.07, 6.45) is 1.94. The highest BCUT2D eigenvalue weighted by Crippen LogP contribution is 2.24. The first-order valence-corrected chi connectivity index (χ1v) is 13.7. The van der Waals surface area contributed by atoms with Crippen LogP contribution in [0.2, 0.25) is 5.02 Å². The number of halogens is 1. The van der Waals surface area contributed by atoms with Crippen LogP contribution in [0, 0.1) is 0 Å². The van der Waals surface area contributed by atoms with Gasteiger partial charge in [0, 0.05) is 39.7 Å². The minimum atomic E-state index is -3.68. The Labute approximate surface area is 202 Å². The number of hydrogen-bond donors (Lipinski definition) is 1. The molecule has 0 atom stereocenters. The molecule has 0 radical (unpaired) electrons. The second-order valence-electron chi connectivity index (χ2n) is 6.75. The molecule has 3 aromatic carbocycles. The quantitative estimate of drug-likeness (QED) is 0.310. The number of rotatable bonds is 9. The van der Waals surface area contributed by atoms with Crippen molar-refractivity contribution in [2.75, 3.05) is 29.9 Å². The third kappa shape index (κ3) is 6.22. The molecule has 9 heteroatoms. The Morgan fingerprint density at radius 3 is 2.12 bits per heavy atom. The fourth-order valence-corrected chi connectivity index (χ4v) is 5.33. The van der Waals surface area contributed by atoms with E-state index in [1.54, 1.807) is 72.1 Å². The van der Waals surface area contributed by atoms with Crippen molar-refractivity contribution in [3.05, 3.63) is 83.4 Å². The van der Waals surface area contributed by atoms with Gasteiger partial charge in [0.25, 0.3) is 15.9 Å². The monoisotopic (exact) mass is 506 g/mol. The normalized spacial score (nSPS) is 11.2. The van der Waals surface area contributed by atoms with Crippen LogP contribution in [0.1, 0.15) is 10.4 Å². The molecule has 3 rings (SSSR count). The van der Waals surface area contributed by atoms with Gasteiger partial charge in [-0.15, -0.1) is 23.5 Å². The Bertz CT molecular complexity index is 1150. The Morgan fingerprint density at radius 1 is 0.938 bits per heavy atom. The molecular weight excluding hydrogens is 484 g/mol. The lowest BCUT2D eigenvalue weighted by molar-refractivity contribution is 0.0956. The maximum atomic E-state index is 12.9. The van der Waals surface area contributed by atoms with Gasteiger partial charge in [0.1, 0.15) is 0 Å². The molecule has 0 unspecified atom stereocenters. The lowest BCUT2D eigenvalue weighted by Crippen LogP contribution is -2.27. The number of hydrogen-bond acceptors (Lipinski definition) is 5. The number of nitrogens with one attached hydrogen (secondary N) is 1. The van der Waals surface area contributed by atoms with Crippen LogP contribution in [-0.2, 0) is 10.0 Å². The summed E-state index contributed by atoms with van der Waals surface area (Å²) >= 11 is 9.06. The van der Waals surface area contributed by atoms with Gasteiger partial charge in [-0.05, 0) is 79.1 Å². The molecule has 0 spiro atoms. The summed E-state index contributed by atoms with van der Waals surface area (Å²) in [6, 6.07) is 20.8. The molecule has 0 aromatic heterocycles. The first-order valence-electron chi connectivity index (χ1n) is 9.71. The summed E-state index contributed by atoms with van der Waals surface area (Å²) in [5, 5.41) is 3.57. The van der Waals surface area contributed by atoms with Crippen LogP contribution in [0.3, 0.4) is 0 Å². The molecule has 1 N–H and O–H groups in total. The van der Waals surface area contributed by atoms with Crippen LogP contribution in [0.25, 0.3) is 0 Å². The van der Waals surface area contributed by atoms with Crippen molar-refractivity contribution >= 4 is 56.7 Å². The van der Waals surface area contributed by atoms with E-state index in [0.29, 0.717) is 22.8 Å². The molecule has 5 nitrogen and oxygen atoms in total. The van der Waals surface area contributed by atoms with Crippen molar-refractivity contribution in [2.45, 2.75) is 14.7 Å². The minimum Gasteiger partial charge on any atom is -0.351 e. The Balaban J connectivity index is 1.57. The van der Waals surface area contributed by atoms with Gasteiger partial charge < -0.3 is 5.32 Å². The van der Waals surface area contributed by atoms with Crippen molar-refractivity contribution < 1.29 is 13.2 Å². The summed E-state index contributed by atoms with van der Waals surface area (Å²) in [7, 11) is -2.18. The SMILES string of the molecule is CSc1ccc(S(=O)(=O)N(C)c2ccc(C(=O)NCCSc3ccc(Cl)cc3)cc2)cc1. The van der Waals surface area contributed by atoms with Crippen LogP contribution in [-0.4, -0.2) is 39.9 Å². The zero-order chi connectivity index (χ0) is 23.1. The fraction of sp³-hybridized carbons (Fsp3) is 0.174. The van der Waals surface area contributed by atoms with E-state index in [2.05, 4.69) is 5.32 Å². The van der Waals surface area contributed by atoms with Crippen molar-refractivity contribution in [3.63, 3.8) is 0 Å². The second kappa shape index (κ2) is 11.1. The molecule has 32 heavy (non-hydrogen) atoms. The number of anilines is 1. The topological polar surface area (TPSA) is 66.5 Å². The lowest BCUT2D eigenvalue weighted by Gasteiger charge is -2.20. The van der Waals surface area contributed by atoms with E-state index in [4.69, 9.17) is 11.6 Å². The van der Waals surface area contributed by atoms with Gasteiger partial charge >= 0.3 is 0 Å². The Morgan fingerprint density at radius 2 is 1.53 bits per heavy atom. The highest BCUT2D eigenvalue weighted by atomic mass is 35.5. The second-order valence-corrected chi connectivity index (χ2v) is 11.2. The average molecular weight is 507 g/mol. The number of benzene rings is 3. The number of carbonyl (C=O) groups excluding carboxylic acids is 1. The van der Waals surface area contributed by atoms with Crippen molar-refractivity contribution in [2.24, 2.45) is 0 Å². The summed E-state index contributed by atoms with van der Waals surface area (Å²) < 4.78 is 27.0. The number of nitrogens with zero attached hydrogens (tertiary/aromatic N) is 1. The van der Waals surface area contributed by atoms with Crippen molar-refractivity contribution in [1.82, 2.24) is 5.32 Å².